The number of hydrogen-bond donors (Lipinski definition) is 0. The molecule has 0 saturated carbocycles. The zero-order valence-electron chi connectivity index (χ0n) is 20.0. The number of piperazine rings is 1. The predicted octanol–water partition coefficient (Wildman–Crippen LogP) is 4.79. The SMILES string of the molecule is COc1cccc(Cc2nsc(N3CCN(C(=O)c4ccc(C(C)(C)C)cc4)C(C)C3)n2)c1. The number of methoxy groups -OCH3 is 1. The van der Waals surface area contributed by atoms with E-state index in [2.05, 4.69) is 55.2 Å². The Morgan fingerprint density at radius 1 is 1.15 bits per heavy atom. The Morgan fingerprint density at radius 2 is 1.91 bits per heavy atom. The molecule has 1 saturated heterocycles. The van der Waals surface area contributed by atoms with Gasteiger partial charge in [-0.25, -0.2) is 4.98 Å². The number of carbonyl (C=O) groups is 1. The molecule has 0 spiro atoms. The molecule has 3 aromatic rings. The van der Waals surface area contributed by atoms with E-state index in [0.717, 1.165) is 40.9 Å². The van der Waals surface area contributed by atoms with Crippen LogP contribution in [0, 0.1) is 0 Å². The third-order valence-electron chi connectivity index (χ3n) is 6.11. The first kappa shape index (κ1) is 23.2. The van der Waals surface area contributed by atoms with E-state index in [9.17, 15) is 4.79 Å². The van der Waals surface area contributed by atoms with Crippen LogP contribution in [0.2, 0.25) is 0 Å². The lowest BCUT2D eigenvalue weighted by molar-refractivity contribution is 0.0674. The molecule has 1 aromatic heterocycles. The molecular formula is C26H32N4O2S. The topological polar surface area (TPSA) is 58.6 Å². The van der Waals surface area contributed by atoms with Crippen molar-refractivity contribution in [2.45, 2.75) is 45.6 Å². The van der Waals surface area contributed by atoms with Gasteiger partial charge >= 0.3 is 0 Å². The third kappa shape index (κ3) is 5.36. The fourth-order valence-electron chi connectivity index (χ4n) is 4.12. The number of aromatic nitrogens is 2. The van der Waals surface area contributed by atoms with E-state index in [-0.39, 0.29) is 17.4 Å². The van der Waals surface area contributed by atoms with Gasteiger partial charge in [-0.3, -0.25) is 4.79 Å². The zero-order valence-corrected chi connectivity index (χ0v) is 20.9. The van der Waals surface area contributed by atoms with Gasteiger partial charge in [-0.2, -0.15) is 4.37 Å². The van der Waals surface area contributed by atoms with E-state index < -0.39 is 0 Å². The summed E-state index contributed by atoms with van der Waals surface area (Å²) in [5.74, 6) is 1.75. The molecule has 1 aliphatic heterocycles. The van der Waals surface area contributed by atoms with Crippen LogP contribution >= 0.6 is 11.5 Å². The smallest absolute Gasteiger partial charge is 0.254 e. The molecule has 0 radical (unpaired) electrons. The minimum atomic E-state index is 0.0771. The number of amides is 1. The molecule has 2 heterocycles. The number of ether oxygens (including phenoxy) is 1. The van der Waals surface area contributed by atoms with E-state index >= 15 is 0 Å². The minimum absolute atomic E-state index is 0.0771. The number of hydrogen-bond acceptors (Lipinski definition) is 6. The Labute approximate surface area is 200 Å². The van der Waals surface area contributed by atoms with Gasteiger partial charge < -0.3 is 14.5 Å². The summed E-state index contributed by atoms with van der Waals surface area (Å²) in [6.45, 7) is 10.8. The lowest BCUT2D eigenvalue weighted by atomic mass is 9.86. The molecule has 174 valence electrons. The van der Waals surface area contributed by atoms with E-state index in [4.69, 9.17) is 9.72 Å². The second kappa shape index (κ2) is 9.51. The highest BCUT2D eigenvalue weighted by Crippen LogP contribution is 2.25. The predicted molar refractivity (Wildman–Crippen MR) is 134 cm³/mol. The van der Waals surface area contributed by atoms with Crippen LogP contribution < -0.4 is 9.64 Å². The molecule has 33 heavy (non-hydrogen) atoms. The summed E-state index contributed by atoms with van der Waals surface area (Å²) in [5.41, 5.74) is 3.19. The van der Waals surface area contributed by atoms with E-state index in [1.807, 2.05) is 35.2 Å². The van der Waals surface area contributed by atoms with Crippen LogP contribution in [0.15, 0.2) is 48.5 Å². The highest BCUT2D eigenvalue weighted by Gasteiger charge is 2.30. The molecule has 7 heteroatoms. The quantitative estimate of drug-likeness (QED) is 0.544. The third-order valence-corrected chi connectivity index (χ3v) is 6.93. The summed E-state index contributed by atoms with van der Waals surface area (Å²) in [7, 11) is 1.67. The maximum Gasteiger partial charge on any atom is 0.254 e. The Balaban J connectivity index is 1.38. The van der Waals surface area contributed by atoms with Gasteiger partial charge in [-0.1, -0.05) is 45.0 Å². The van der Waals surface area contributed by atoms with Gasteiger partial charge in [-0.15, -0.1) is 0 Å². The van der Waals surface area contributed by atoms with Crippen molar-refractivity contribution in [3.05, 3.63) is 71.0 Å². The van der Waals surface area contributed by atoms with Gasteiger partial charge in [0.15, 0.2) is 0 Å². The van der Waals surface area contributed by atoms with Crippen LogP contribution in [0.3, 0.4) is 0 Å². The molecule has 6 nitrogen and oxygen atoms in total. The average molecular weight is 465 g/mol. The second-order valence-electron chi connectivity index (χ2n) is 9.64. The number of nitrogens with zero attached hydrogens (tertiary/aromatic N) is 4. The molecule has 4 rings (SSSR count). The van der Waals surface area contributed by atoms with Gasteiger partial charge in [0.1, 0.15) is 11.6 Å². The summed E-state index contributed by atoms with van der Waals surface area (Å²) < 4.78 is 9.87. The van der Waals surface area contributed by atoms with Gasteiger partial charge in [0.2, 0.25) is 5.13 Å². The van der Waals surface area contributed by atoms with E-state index in [1.165, 1.54) is 17.1 Å². The largest absolute Gasteiger partial charge is 0.497 e. The van der Waals surface area contributed by atoms with Crippen LogP contribution in [0.25, 0.3) is 0 Å². The van der Waals surface area contributed by atoms with E-state index in [0.29, 0.717) is 13.0 Å². The first-order valence-electron chi connectivity index (χ1n) is 11.4. The molecule has 0 aliphatic carbocycles. The zero-order chi connectivity index (χ0) is 23.6. The molecular weight excluding hydrogens is 432 g/mol. The first-order chi connectivity index (χ1) is 15.7. The van der Waals surface area contributed by atoms with Gasteiger partial charge in [0.25, 0.3) is 5.91 Å². The van der Waals surface area contributed by atoms with Crippen molar-refractivity contribution in [2.75, 3.05) is 31.6 Å². The van der Waals surface area contributed by atoms with Crippen molar-refractivity contribution >= 4 is 22.6 Å². The summed E-state index contributed by atoms with van der Waals surface area (Å²) in [6, 6.07) is 16.1. The Kier molecular flexibility index (Phi) is 6.70. The van der Waals surface area contributed by atoms with Gasteiger partial charge in [-0.05, 0) is 47.7 Å². The van der Waals surface area contributed by atoms with Crippen molar-refractivity contribution in [2.24, 2.45) is 0 Å². The number of benzene rings is 2. The lowest BCUT2D eigenvalue weighted by Crippen LogP contribution is -2.54. The Hall–Kier alpha value is -2.93. The average Bonchev–Trinajstić information content (AvgIpc) is 3.26. The monoisotopic (exact) mass is 464 g/mol. The van der Waals surface area contributed by atoms with Crippen molar-refractivity contribution in [1.82, 2.24) is 14.3 Å². The highest BCUT2D eigenvalue weighted by molar-refractivity contribution is 7.09. The van der Waals surface area contributed by atoms with Crippen molar-refractivity contribution < 1.29 is 9.53 Å². The van der Waals surface area contributed by atoms with Gasteiger partial charge in [0, 0.05) is 49.2 Å². The maximum atomic E-state index is 13.1. The van der Waals surface area contributed by atoms with Gasteiger partial charge in [0.05, 0.1) is 7.11 Å². The number of anilines is 1. The number of carbonyl (C=O) groups excluding carboxylic acids is 1. The molecule has 0 N–H and O–H groups in total. The molecule has 1 atom stereocenters. The summed E-state index contributed by atoms with van der Waals surface area (Å²) in [6.07, 6.45) is 0.673. The molecule has 0 bridgehead atoms. The van der Waals surface area contributed by atoms with Crippen LogP contribution in [0.5, 0.6) is 5.75 Å². The minimum Gasteiger partial charge on any atom is -0.497 e. The first-order valence-corrected chi connectivity index (χ1v) is 12.1. The normalized spacial score (nSPS) is 16.7. The van der Waals surface area contributed by atoms with E-state index in [1.54, 1.807) is 7.11 Å². The summed E-state index contributed by atoms with van der Waals surface area (Å²) >= 11 is 1.43. The van der Waals surface area contributed by atoms with Crippen LogP contribution in [0.4, 0.5) is 5.13 Å². The fourth-order valence-corrected chi connectivity index (χ4v) is 4.84. The Morgan fingerprint density at radius 3 is 2.58 bits per heavy atom. The van der Waals surface area contributed by atoms with Crippen molar-refractivity contribution in [3.8, 4) is 5.75 Å². The van der Waals surface area contributed by atoms with Crippen LogP contribution in [-0.2, 0) is 11.8 Å². The molecule has 1 amide bonds. The lowest BCUT2D eigenvalue weighted by Gasteiger charge is -2.39. The molecule has 1 unspecified atom stereocenters. The standard InChI is InChI=1S/C26H32N4O2S/c1-18-17-29(25-27-23(28-33-25)16-19-7-6-8-22(15-19)32-5)13-14-30(18)24(31)20-9-11-21(12-10-20)26(2,3)4/h6-12,15,18H,13-14,16-17H2,1-5H3. The van der Waals surface area contributed by atoms with Crippen molar-refractivity contribution in [3.63, 3.8) is 0 Å². The van der Waals surface area contributed by atoms with Crippen molar-refractivity contribution in [1.29, 1.82) is 0 Å². The molecule has 1 fully saturated rings. The highest BCUT2D eigenvalue weighted by atomic mass is 32.1. The van der Waals surface area contributed by atoms with Crippen LogP contribution in [-0.4, -0.2) is 53.0 Å². The fraction of sp³-hybridized carbons (Fsp3) is 0.423. The molecule has 2 aromatic carbocycles. The summed E-state index contributed by atoms with van der Waals surface area (Å²) in [4.78, 5) is 22.1. The second-order valence-corrected chi connectivity index (χ2v) is 10.4. The molecule has 1 aliphatic rings. The maximum absolute atomic E-state index is 13.1. The summed E-state index contributed by atoms with van der Waals surface area (Å²) in [5, 5.41) is 0.918. The van der Waals surface area contributed by atoms with Crippen LogP contribution in [0.1, 0.15) is 55.0 Å². The number of rotatable bonds is 5. The Bertz CT molecular complexity index is 1100.